The van der Waals surface area contributed by atoms with Crippen molar-refractivity contribution in [2.45, 2.75) is 18.9 Å². The highest BCUT2D eigenvalue weighted by molar-refractivity contribution is 14.0. The zero-order chi connectivity index (χ0) is 17.2. The lowest BCUT2D eigenvalue weighted by Crippen LogP contribution is -2.48. The van der Waals surface area contributed by atoms with Crippen molar-refractivity contribution in [3.63, 3.8) is 0 Å². The molecule has 0 radical (unpaired) electrons. The fourth-order valence-corrected chi connectivity index (χ4v) is 3.72. The van der Waals surface area contributed by atoms with Crippen molar-refractivity contribution in [2.75, 3.05) is 71.5 Å². The summed E-state index contributed by atoms with van der Waals surface area (Å²) in [6, 6.07) is 0.438. The third-order valence-corrected chi connectivity index (χ3v) is 5.41. The van der Waals surface area contributed by atoms with E-state index >= 15 is 0 Å². The number of ether oxygens (including phenoxy) is 1. The van der Waals surface area contributed by atoms with Crippen LogP contribution in [-0.4, -0.2) is 99.2 Å². The number of carbonyl (C=O) groups is 1. The number of carbonyl (C=O) groups excluding carboxylic acids is 1. The molecule has 2 N–H and O–H groups in total. The van der Waals surface area contributed by atoms with E-state index in [1.54, 1.807) is 19.0 Å². The lowest BCUT2D eigenvalue weighted by molar-refractivity contribution is -0.127. The highest BCUT2D eigenvalue weighted by atomic mass is 127. The van der Waals surface area contributed by atoms with Crippen LogP contribution in [0, 0.1) is 0 Å². The van der Waals surface area contributed by atoms with Gasteiger partial charge in [-0.05, 0) is 18.6 Å². The van der Waals surface area contributed by atoms with Crippen LogP contribution in [0.5, 0.6) is 0 Å². The first kappa shape index (κ1) is 22.8. The number of likely N-dealkylation sites (N-methyl/N-ethyl adjacent to an activating group) is 1. The van der Waals surface area contributed by atoms with E-state index in [0.717, 1.165) is 51.1 Å². The Morgan fingerprint density at radius 2 is 2.12 bits per heavy atom. The summed E-state index contributed by atoms with van der Waals surface area (Å²) >= 11 is 1.98. The monoisotopic (exact) mass is 485 g/mol. The van der Waals surface area contributed by atoms with Gasteiger partial charge in [0.2, 0.25) is 5.91 Å². The molecular formula is C16H32IN5O2S. The van der Waals surface area contributed by atoms with Gasteiger partial charge in [-0.2, -0.15) is 11.8 Å². The van der Waals surface area contributed by atoms with Gasteiger partial charge in [-0.1, -0.05) is 0 Å². The quantitative estimate of drug-likeness (QED) is 0.324. The number of guanidine groups is 1. The fraction of sp³-hybridized carbons (Fsp3) is 0.875. The van der Waals surface area contributed by atoms with Crippen LogP contribution in [0.15, 0.2) is 4.99 Å². The van der Waals surface area contributed by atoms with Gasteiger partial charge < -0.3 is 20.3 Å². The van der Waals surface area contributed by atoms with Gasteiger partial charge in [0.1, 0.15) is 6.54 Å². The van der Waals surface area contributed by atoms with E-state index in [9.17, 15) is 4.79 Å². The van der Waals surface area contributed by atoms with Gasteiger partial charge in [0.25, 0.3) is 0 Å². The Morgan fingerprint density at radius 1 is 1.36 bits per heavy atom. The Hall–Kier alpha value is -0.260. The minimum atomic E-state index is 0. The molecule has 2 aliphatic heterocycles. The van der Waals surface area contributed by atoms with Gasteiger partial charge in [-0.15, -0.1) is 24.0 Å². The maximum atomic E-state index is 11.8. The van der Waals surface area contributed by atoms with Gasteiger partial charge in [-0.3, -0.25) is 9.69 Å². The average molecular weight is 485 g/mol. The summed E-state index contributed by atoms with van der Waals surface area (Å²) in [5.74, 6) is 3.12. The maximum absolute atomic E-state index is 11.8. The minimum Gasteiger partial charge on any atom is -0.379 e. The molecule has 25 heavy (non-hydrogen) atoms. The summed E-state index contributed by atoms with van der Waals surface area (Å²) in [7, 11) is 3.52. The molecule has 0 aromatic rings. The minimum absolute atomic E-state index is 0. The van der Waals surface area contributed by atoms with Crippen LogP contribution in [-0.2, 0) is 9.53 Å². The first-order valence-electron chi connectivity index (χ1n) is 8.78. The van der Waals surface area contributed by atoms with Gasteiger partial charge in [0.15, 0.2) is 5.96 Å². The highest BCUT2D eigenvalue weighted by Crippen LogP contribution is 2.16. The number of nitrogens with zero attached hydrogens (tertiary/aromatic N) is 3. The van der Waals surface area contributed by atoms with E-state index in [2.05, 4.69) is 20.5 Å². The number of aliphatic imine (C=N–C) groups is 1. The molecule has 2 heterocycles. The molecule has 7 nitrogen and oxygen atoms in total. The van der Waals surface area contributed by atoms with Crippen LogP contribution in [0.3, 0.4) is 0 Å². The molecule has 1 amide bonds. The number of amides is 1. The van der Waals surface area contributed by atoms with E-state index in [1.165, 1.54) is 18.6 Å². The van der Waals surface area contributed by atoms with Crippen LogP contribution in [0.4, 0.5) is 0 Å². The molecule has 1 unspecified atom stereocenters. The molecule has 0 saturated carbocycles. The van der Waals surface area contributed by atoms with Crippen molar-refractivity contribution in [3.05, 3.63) is 0 Å². The SMILES string of the molecule is CN(C)C(=O)CN=C(NCCN1CCOCC1)NC1CCCSC1.I. The Kier molecular flexibility index (Phi) is 11.8. The number of rotatable bonds is 6. The molecule has 0 spiro atoms. The first-order valence-corrected chi connectivity index (χ1v) is 9.93. The van der Waals surface area contributed by atoms with Crippen LogP contribution >= 0.6 is 35.7 Å². The average Bonchev–Trinajstić information content (AvgIpc) is 2.61. The fourth-order valence-electron chi connectivity index (χ4n) is 2.65. The molecule has 2 saturated heterocycles. The van der Waals surface area contributed by atoms with E-state index < -0.39 is 0 Å². The van der Waals surface area contributed by atoms with Gasteiger partial charge in [-0.25, -0.2) is 4.99 Å². The molecule has 9 heteroatoms. The molecule has 0 bridgehead atoms. The van der Waals surface area contributed by atoms with E-state index in [1.807, 2.05) is 11.8 Å². The number of hydrogen-bond acceptors (Lipinski definition) is 5. The second-order valence-electron chi connectivity index (χ2n) is 6.39. The van der Waals surface area contributed by atoms with Crippen molar-refractivity contribution in [3.8, 4) is 0 Å². The van der Waals surface area contributed by atoms with Crippen molar-refractivity contribution < 1.29 is 9.53 Å². The van der Waals surface area contributed by atoms with Crippen molar-refractivity contribution in [2.24, 2.45) is 4.99 Å². The third-order valence-electron chi connectivity index (χ3n) is 4.20. The summed E-state index contributed by atoms with van der Waals surface area (Å²) in [6.07, 6.45) is 2.40. The zero-order valence-electron chi connectivity index (χ0n) is 15.3. The van der Waals surface area contributed by atoms with E-state index in [4.69, 9.17) is 4.74 Å². The van der Waals surface area contributed by atoms with Crippen molar-refractivity contribution >= 4 is 47.6 Å². The van der Waals surface area contributed by atoms with Crippen LogP contribution in [0.25, 0.3) is 0 Å². The number of thioether (sulfide) groups is 1. The van der Waals surface area contributed by atoms with Gasteiger partial charge in [0, 0.05) is 52.1 Å². The molecule has 146 valence electrons. The van der Waals surface area contributed by atoms with Gasteiger partial charge in [0.05, 0.1) is 13.2 Å². The Morgan fingerprint density at radius 3 is 2.76 bits per heavy atom. The Labute approximate surface area is 172 Å². The van der Waals surface area contributed by atoms with Crippen molar-refractivity contribution in [1.82, 2.24) is 20.4 Å². The predicted molar refractivity (Wildman–Crippen MR) is 115 cm³/mol. The smallest absolute Gasteiger partial charge is 0.243 e. The largest absolute Gasteiger partial charge is 0.379 e. The van der Waals surface area contributed by atoms with E-state index in [0.29, 0.717) is 6.04 Å². The number of morpholine rings is 1. The second-order valence-corrected chi connectivity index (χ2v) is 7.54. The van der Waals surface area contributed by atoms with Crippen LogP contribution in [0.2, 0.25) is 0 Å². The summed E-state index contributed by atoms with van der Waals surface area (Å²) < 4.78 is 5.37. The molecule has 2 aliphatic rings. The van der Waals surface area contributed by atoms with Crippen molar-refractivity contribution in [1.29, 1.82) is 0 Å². The predicted octanol–water partition coefficient (Wildman–Crippen LogP) is 0.456. The van der Waals surface area contributed by atoms with Gasteiger partial charge >= 0.3 is 0 Å². The molecule has 0 aliphatic carbocycles. The standard InChI is InChI=1S/C16H31N5O2S.HI/c1-20(2)15(22)12-18-16(19-14-4-3-11-24-13-14)17-5-6-21-7-9-23-10-8-21;/h14H,3-13H2,1-2H3,(H2,17,18,19);1H. The number of nitrogens with one attached hydrogen (secondary N) is 2. The van der Waals surface area contributed by atoms with Crippen LogP contribution in [0.1, 0.15) is 12.8 Å². The topological polar surface area (TPSA) is 69.2 Å². The second kappa shape index (κ2) is 13.0. The Balaban J connectivity index is 0.00000312. The van der Waals surface area contributed by atoms with Crippen LogP contribution < -0.4 is 10.6 Å². The summed E-state index contributed by atoms with van der Waals surface area (Å²) in [5.41, 5.74) is 0. The number of halogens is 1. The molecule has 0 aromatic heterocycles. The molecule has 2 rings (SSSR count). The van der Waals surface area contributed by atoms with E-state index in [-0.39, 0.29) is 36.4 Å². The third kappa shape index (κ3) is 9.30. The molecular weight excluding hydrogens is 453 g/mol. The molecule has 1 atom stereocenters. The zero-order valence-corrected chi connectivity index (χ0v) is 18.5. The number of hydrogen-bond donors (Lipinski definition) is 2. The lowest BCUT2D eigenvalue weighted by Gasteiger charge is -2.28. The summed E-state index contributed by atoms with van der Waals surface area (Å²) in [5, 5.41) is 6.88. The lowest BCUT2D eigenvalue weighted by atomic mass is 10.2. The maximum Gasteiger partial charge on any atom is 0.243 e. The molecule has 0 aromatic carbocycles. The normalized spacial score (nSPS) is 22.0. The summed E-state index contributed by atoms with van der Waals surface area (Å²) in [6.45, 7) is 5.57. The highest BCUT2D eigenvalue weighted by Gasteiger charge is 2.16. The first-order chi connectivity index (χ1) is 11.6. The Bertz CT molecular complexity index is 413. The molecule has 2 fully saturated rings. The summed E-state index contributed by atoms with van der Waals surface area (Å²) in [4.78, 5) is 20.2.